The number of pyridine rings is 1. The van der Waals surface area contributed by atoms with Gasteiger partial charge < -0.3 is 15.5 Å². The average Bonchev–Trinajstić information content (AvgIpc) is 2.53. The van der Waals surface area contributed by atoms with Crippen LogP contribution in [0.4, 0.5) is 0 Å². The zero-order valence-electron chi connectivity index (χ0n) is 13.2. The minimum Gasteiger partial charge on any atom is -0.355 e. The van der Waals surface area contributed by atoms with Crippen LogP contribution in [-0.2, 0) is 6.54 Å². The molecule has 1 aromatic heterocycles. The Labute approximate surface area is 127 Å². The van der Waals surface area contributed by atoms with Crippen molar-refractivity contribution in [3.8, 4) is 0 Å². The minimum absolute atomic E-state index is 0.696. The molecular formula is C16H27N5. The fraction of sp³-hybridized carbons (Fsp3) is 0.625. The van der Waals surface area contributed by atoms with Gasteiger partial charge in [0.25, 0.3) is 0 Å². The normalized spacial score (nSPS) is 17.7. The van der Waals surface area contributed by atoms with Crippen LogP contribution in [0, 0.1) is 5.92 Å². The molecule has 1 aliphatic rings. The standard InChI is InChI=1S/C16H27N5/c1-14-6-10-21(11-7-14)12-9-19-16(17-2)20-13-15-5-3-4-8-18-15/h3-5,8,14H,6-7,9-13H2,1-2H3,(H2,17,19,20). The van der Waals surface area contributed by atoms with Crippen LogP contribution in [-0.4, -0.2) is 49.1 Å². The van der Waals surface area contributed by atoms with E-state index in [4.69, 9.17) is 0 Å². The molecule has 0 radical (unpaired) electrons. The van der Waals surface area contributed by atoms with Crippen molar-refractivity contribution in [3.63, 3.8) is 0 Å². The Bertz CT molecular complexity index is 424. The molecule has 0 unspecified atom stereocenters. The van der Waals surface area contributed by atoms with E-state index in [0.717, 1.165) is 30.7 Å². The molecule has 0 spiro atoms. The number of guanidine groups is 1. The van der Waals surface area contributed by atoms with Crippen molar-refractivity contribution in [2.75, 3.05) is 33.2 Å². The molecule has 1 saturated heterocycles. The van der Waals surface area contributed by atoms with Gasteiger partial charge in [0.1, 0.15) is 0 Å². The Hall–Kier alpha value is -1.62. The first-order valence-electron chi connectivity index (χ1n) is 7.84. The lowest BCUT2D eigenvalue weighted by molar-refractivity contribution is 0.195. The number of aromatic nitrogens is 1. The van der Waals surface area contributed by atoms with Crippen LogP contribution in [0.3, 0.4) is 0 Å². The summed E-state index contributed by atoms with van der Waals surface area (Å²) in [6, 6.07) is 5.93. The van der Waals surface area contributed by atoms with E-state index < -0.39 is 0 Å². The summed E-state index contributed by atoms with van der Waals surface area (Å²) in [5.41, 5.74) is 1.02. The molecular weight excluding hydrogens is 262 g/mol. The zero-order valence-corrected chi connectivity index (χ0v) is 13.2. The predicted molar refractivity (Wildman–Crippen MR) is 87.3 cm³/mol. The number of piperidine rings is 1. The van der Waals surface area contributed by atoms with E-state index in [2.05, 4.69) is 32.4 Å². The molecule has 21 heavy (non-hydrogen) atoms. The second-order valence-corrected chi connectivity index (χ2v) is 5.70. The lowest BCUT2D eigenvalue weighted by Crippen LogP contribution is -2.43. The Kier molecular flexibility index (Phi) is 6.47. The number of nitrogens with one attached hydrogen (secondary N) is 2. The van der Waals surface area contributed by atoms with Gasteiger partial charge in [-0.3, -0.25) is 9.98 Å². The number of rotatable bonds is 5. The fourth-order valence-corrected chi connectivity index (χ4v) is 2.52. The van der Waals surface area contributed by atoms with Crippen molar-refractivity contribution < 1.29 is 0 Å². The summed E-state index contributed by atoms with van der Waals surface area (Å²) >= 11 is 0. The molecule has 2 N–H and O–H groups in total. The Balaban J connectivity index is 1.64. The fourth-order valence-electron chi connectivity index (χ4n) is 2.52. The van der Waals surface area contributed by atoms with E-state index >= 15 is 0 Å². The smallest absolute Gasteiger partial charge is 0.191 e. The molecule has 0 atom stereocenters. The van der Waals surface area contributed by atoms with Crippen LogP contribution >= 0.6 is 0 Å². The number of likely N-dealkylation sites (tertiary alicyclic amines) is 1. The summed E-state index contributed by atoms with van der Waals surface area (Å²) < 4.78 is 0. The lowest BCUT2D eigenvalue weighted by atomic mass is 9.99. The van der Waals surface area contributed by atoms with Gasteiger partial charge >= 0.3 is 0 Å². The third-order valence-electron chi connectivity index (χ3n) is 3.98. The molecule has 1 fully saturated rings. The maximum Gasteiger partial charge on any atom is 0.191 e. The molecule has 116 valence electrons. The predicted octanol–water partition coefficient (Wildman–Crippen LogP) is 1.48. The highest BCUT2D eigenvalue weighted by Crippen LogP contribution is 2.14. The van der Waals surface area contributed by atoms with Crippen molar-refractivity contribution >= 4 is 5.96 Å². The van der Waals surface area contributed by atoms with Gasteiger partial charge in [0, 0.05) is 26.3 Å². The molecule has 0 aliphatic carbocycles. The van der Waals surface area contributed by atoms with Gasteiger partial charge in [-0.25, -0.2) is 0 Å². The van der Waals surface area contributed by atoms with Crippen molar-refractivity contribution in [1.82, 2.24) is 20.5 Å². The maximum absolute atomic E-state index is 4.29. The highest BCUT2D eigenvalue weighted by molar-refractivity contribution is 5.79. The Morgan fingerprint density at radius 2 is 2.14 bits per heavy atom. The van der Waals surface area contributed by atoms with E-state index in [1.165, 1.54) is 25.9 Å². The maximum atomic E-state index is 4.29. The third kappa shape index (κ3) is 5.71. The van der Waals surface area contributed by atoms with Crippen LogP contribution in [0.25, 0.3) is 0 Å². The van der Waals surface area contributed by atoms with Crippen molar-refractivity contribution in [2.45, 2.75) is 26.3 Å². The summed E-state index contributed by atoms with van der Waals surface area (Å²) in [6.07, 6.45) is 4.46. The molecule has 1 aromatic rings. The average molecular weight is 289 g/mol. The van der Waals surface area contributed by atoms with Crippen LogP contribution in [0.2, 0.25) is 0 Å². The van der Waals surface area contributed by atoms with Gasteiger partial charge in [0.15, 0.2) is 5.96 Å². The Morgan fingerprint density at radius 3 is 2.81 bits per heavy atom. The van der Waals surface area contributed by atoms with E-state index in [0.29, 0.717) is 6.54 Å². The summed E-state index contributed by atoms with van der Waals surface area (Å²) in [5, 5.41) is 6.66. The highest BCUT2D eigenvalue weighted by atomic mass is 15.2. The largest absolute Gasteiger partial charge is 0.355 e. The first-order chi connectivity index (χ1) is 10.3. The van der Waals surface area contributed by atoms with Crippen LogP contribution < -0.4 is 10.6 Å². The van der Waals surface area contributed by atoms with Crippen LogP contribution in [0.15, 0.2) is 29.4 Å². The Morgan fingerprint density at radius 1 is 1.33 bits per heavy atom. The van der Waals surface area contributed by atoms with Crippen molar-refractivity contribution in [2.24, 2.45) is 10.9 Å². The monoisotopic (exact) mass is 289 g/mol. The summed E-state index contributed by atoms with van der Waals surface area (Å²) in [4.78, 5) is 11.1. The molecule has 5 nitrogen and oxygen atoms in total. The highest BCUT2D eigenvalue weighted by Gasteiger charge is 2.14. The van der Waals surface area contributed by atoms with E-state index in [9.17, 15) is 0 Å². The molecule has 0 bridgehead atoms. The molecule has 1 aliphatic heterocycles. The quantitative estimate of drug-likeness (QED) is 0.637. The van der Waals surface area contributed by atoms with Gasteiger partial charge in [-0.15, -0.1) is 0 Å². The lowest BCUT2D eigenvalue weighted by Gasteiger charge is -2.30. The van der Waals surface area contributed by atoms with Gasteiger partial charge in [0.05, 0.1) is 12.2 Å². The first kappa shape index (κ1) is 15.8. The molecule has 5 heteroatoms. The molecule has 0 saturated carbocycles. The topological polar surface area (TPSA) is 52.6 Å². The zero-order chi connectivity index (χ0) is 14.9. The van der Waals surface area contributed by atoms with Crippen LogP contribution in [0.1, 0.15) is 25.5 Å². The van der Waals surface area contributed by atoms with E-state index in [-0.39, 0.29) is 0 Å². The van der Waals surface area contributed by atoms with Gasteiger partial charge in [-0.05, 0) is 44.0 Å². The number of hydrogen-bond donors (Lipinski definition) is 2. The number of aliphatic imine (C=N–C) groups is 1. The SMILES string of the molecule is CN=C(NCCN1CCC(C)CC1)NCc1ccccn1. The second-order valence-electron chi connectivity index (χ2n) is 5.70. The van der Waals surface area contributed by atoms with E-state index in [1.54, 1.807) is 7.05 Å². The minimum atomic E-state index is 0.696. The van der Waals surface area contributed by atoms with Gasteiger partial charge in [-0.1, -0.05) is 13.0 Å². The molecule has 2 rings (SSSR count). The summed E-state index contributed by atoms with van der Waals surface area (Å²) in [6.45, 7) is 7.50. The summed E-state index contributed by atoms with van der Waals surface area (Å²) in [5.74, 6) is 1.73. The third-order valence-corrected chi connectivity index (χ3v) is 3.98. The van der Waals surface area contributed by atoms with Gasteiger partial charge in [-0.2, -0.15) is 0 Å². The summed E-state index contributed by atoms with van der Waals surface area (Å²) in [7, 11) is 1.80. The van der Waals surface area contributed by atoms with Crippen LogP contribution in [0.5, 0.6) is 0 Å². The van der Waals surface area contributed by atoms with Crippen molar-refractivity contribution in [3.05, 3.63) is 30.1 Å². The molecule has 0 aromatic carbocycles. The first-order valence-corrected chi connectivity index (χ1v) is 7.84. The van der Waals surface area contributed by atoms with Gasteiger partial charge in [0.2, 0.25) is 0 Å². The van der Waals surface area contributed by atoms with E-state index in [1.807, 2.05) is 24.4 Å². The number of nitrogens with zero attached hydrogens (tertiary/aromatic N) is 3. The second kappa shape index (κ2) is 8.62. The molecule has 2 heterocycles. The van der Waals surface area contributed by atoms with Crippen molar-refractivity contribution in [1.29, 1.82) is 0 Å². The number of hydrogen-bond acceptors (Lipinski definition) is 3. The molecule has 0 amide bonds.